The summed E-state index contributed by atoms with van der Waals surface area (Å²) in [4.78, 5) is 20.8. The van der Waals surface area contributed by atoms with Crippen LogP contribution in [0.1, 0.15) is 31.2 Å². The van der Waals surface area contributed by atoms with E-state index in [1.807, 2.05) is 0 Å². The van der Waals surface area contributed by atoms with Crippen molar-refractivity contribution in [1.82, 2.24) is 9.97 Å². The molecule has 1 aliphatic rings. The van der Waals surface area contributed by atoms with Gasteiger partial charge in [0, 0.05) is 6.42 Å². The molecule has 1 aromatic heterocycles. The van der Waals surface area contributed by atoms with Gasteiger partial charge in [0.2, 0.25) is 0 Å². The maximum atomic E-state index is 14.3. The third-order valence-corrected chi connectivity index (χ3v) is 4.71. The number of hydrogen-bond acceptors (Lipinski definition) is 6. The van der Waals surface area contributed by atoms with E-state index in [2.05, 4.69) is 14.7 Å². The lowest BCUT2D eigenvalue weighted by Crippen LogP contribution is -2.42. The van der Waals surface area contributed by atoms with Crippen LogP contribution in [-0.4, -0.2) is 46.3 Å². The van der Waals surface area contributed by atoms with Crippen molar-refractivity contribution in [3.63, 3.8) is 0 Å². The molecule has 1 amide bonds. The summed E-state index contributed by atoms with van der Waals surface area (Å²) in [7, 11) is 0. The predicted molar refractivity (Wildman–Crippen MR) is 96.5 cm³/mol. The summed E-state index contributed by atoms with van der Waals surface area (Å²) in [6.07, 6.45) is -5.98. The molecule has 0 bridgehead atoms. The third-order valence-electron chi connectivity index (χ3n) is 4.71. The van der Waals surface area contributed by atoms with E-state index in [1.165, 1.54) is 13.0 Å². The smallest absolute Gasteiger partial charge is 0.447 e. The molecule has 2 aromatic rings. The molecule has 31 heavy (non-hydrogen) atoms. The fraction of sp³-hybridized carbons (Fsp3) is 0.421. The lowest BCUT2D eigenvalue weighted by atomic mass is 9.97. The van der Waals surface area contributed by atoms with Crippen molar-refractivity contribution < 1.29 is 41.3 Å². The minimum absolute atomic E-state index is 0.0639. The zero-order valence-corrected chi connectivity index (χ0v) is 16.4. The molecule has 0 unspecified atom stereocenters. The summed E-state index contributed by atoms with van der Waals surface area (Å²) < 4.78 is 73.6. The Bertz CT molecular complexity index is 970. The number of alkyl halides is 3. The fourth-order valence-corrected chi connectivity index (χ4v) is 3.12. The number of hydrogen-bond donors (Lipinski definition) is 1. The Morgan fingerprint density at radius 1 is 1.29 bits per heavy atom. The minimum Gasteiger partial charge on any atom is -0.447 e. The second-order valence-corrected chi connectivity index (χ2v) is 7.06. The Hall–Kier alpha value is -3.02. The minimum atomic E-state index is -5.02. The van der Waals surface area contributed by atoms with Gasteiger partial charge in [0.25, 0.3) is 0 Å². The number of nitrogens with zero attached hydrogens (tertiary/aromatic N) is 3. The number of ether oxygens (including phenoxy) is 2. The lowest BCUT2D eigenvalue weighted by molar-refractivity contribution is -0.275. The first-order chi connectivity index (χ1) is 14.5. The van der Waals surface area contributed by atoms with Gasteiger partial charge in [-0.25, -0.2) is 28.4 Å². The van der Waals surface area contributed by atoms with Crippen LogP contribution >= 0.6 is 0 Å². The molecule has 1 aliphatic heterocycles. The van der Waals surface area contributed by atoms with Gasteiger partial charge in [-0.2, -0.15) is 0 Å². The van der Waals surface area contributed by atoms with Gasteiger partial charge in [0.05, 0.1) is 12.3 Å². The average Bonchev–Trinajstić information content (AvgIpc) is 3.05. The third kappa shape index (κ3) is 5.19. The van der Waals surface area contributed by atoms with Crippen molar-refractivity contribution in [3.8, 4) is 5.75 Å². The van der Waals surface area contributed by atoms with Crippen LogP contribution in [0.15, 0.2) is 24.4 Å². The number of anilines is 1. The Morgan fingerprint density at radius 2 is 2.00 bits per heavy atom. The number of aliphatic hydroxyl groups excluding tert-OH is 1. The molecular formula is C19H18F5N3O4. The molecule has 0 saturated carbocycles. The summed E-state index contributed by atoms with van der Waals surface area (Å²) in [5.74, 6) is -3.79. The van der Waals surface area contributed by atoms with Crippen molar-refractivity contribution in [2.45, 2.75) is 44.7 Å². The molecule has 3 rings (SSSR count). The van der Waals surface area contributed by atoms with E-state index in [4.69, 9.17) is 4.74 Å². The van der Waals surface area contributed by atoms with Crippen LogP contribution in [0.5, 0.6) is 5.75 Å². The number of halogens is 5. The Morgan fingerprint density at radius 3 is 2.61 bits per heavy atom. The first kappa shape index (κ1) is 22.7. The normalized spacial score (nSPS) is 18.6. The van der Waals surface area contributed by atoms with Crippen molar-refractivity contribution in [3.05, 3.63) is 47.4 Å². The van der Waals surface area contributed by atoms with Gasteiger partial charge in [-0.05, 0) is 30.5 Å². The van der Waals surface area contributed by atoms with Gasteiger partial charge in [-0.1, -0.05) is 13.0 Å². The first-order valence-corrected chi connectivity index (χ1v) is 9.17. The molecular weight excluding hydrogens is 429 g/mol. The predicted octanol–water partition coefficient (Wildman–Crippen LogP) is 3.71. The summed E-state index contributed by atoms with van der Waals surface area (Å²) in [5, 5.41) is 9.82. The molecule has 168 valence electrons. The van der Waals surface area contributed by atoms with E-state index in [0.717, 1.165) is 23.2 Å². The van der Waals surface area contributed by atoms with Gasteiger partial charge in [-0.3, -0.25) is 0 Å². The molecule has 3 atom stereocenters. The van der Waals surface area contributed by atoms with E-state index < -0.39 is 47.9 Å². The van der Waals surface area contributed by atoms with Crippen LogP contribution in [0.4, 0.5) is 32.6 Å². The number of carbonyl (C=O) groups is 1. The van der Waals surface area contributed by atoms with Crippen LogP contribution in [0, 0.1) is 11.6 Å². The molecule has 0 spiro atoms. The second-order valence-electron chi connectivity index (χ2n) is 7.06. The largest absolute Gasteiger partial charge is 0.573 e. The summed E-state index contributed by atoms with van der Waals surface area (Å²) in [5.41, 5.74) is 0.337. The molecule has 1 fully saturated rings. The topological polar surface area (TPSA) is 84.8 Å². The number of rotatable bonds is 6. The zero-order chi connectivity index (χ0) is 22.9. The highest BCUT2D eigenvalue weighted by molar-refractivity contribution is 5.89. The molecule has 1 saturated heterocycles. The summed E-state index contributed by atoms with van der Waals surface area (Å²) in [6.45, 7) is 2.92. The van der Waals surface area contributed by atoms with Gasteiger partial charge in [0.15, 0.2) is 23.2 Å². The van der Waals surface area contributed by atoms with Crippen LogP contribution in [0.2, 0.25) is 0 Å². The maximum Gasteiger partial charge on any atom is 0.573 e. The average molecular weight is 447 g/mol. The number of benzene rings is 1. The van der Waals surface area contributed by atoms with Crippen molar-refractivity contribution in [1.29, 1.82) is 0 Å². The molecule has 7 nitrogen and oxygen atoms in total. The highest BCUT2D eigenvalue weighted by Crippen LogP contribution is 2.30. The number of carbonyl (C=O) groups excluding carboxylic acids is 1. The highest BCUT2D eigenvalue weighted by Gasteiger charge is 2.40. The standard InChI is InChI=1S/C19H18F5N3O4/c1-9(11-3-4-15(12(20)6-11)31-19(22,23)24)5-16-25-7-13(21)17(26-16)27-14(10(2)28)8-30-18(27)29/h3-4,6-7,9-10,14,28H,5,8H2,1-2H3/t9-,10-,14-/m1/s1. The first-order valence-electron chi connectivity index (χ1n) is 9.17. The SMILES string of the molecule is C[C@H](Cc1ncc(F)c(N2C(=O)OC[C@@H]2[C@@H](C)O)n1)c1ccc(OC(F)(F)F)c(F)c1. The van der Waals surface area contributed by atoms with Crippen molar-refractivity contribution in [2.75, 3.05) is 11.5 Å². The number of aliphatic hydroxyl groups is 1. The Labute approximate surface area is 173 Å². The number of cyclic esters (lactones) is 1. The van der Waals surface area contributed by atoms with Crippen molar-refractivity contribution in [2.24, 2.45) is 0 Å². The Kier molecular flexibility index (Phi) is 6.30. The van der Waals surface area contributed by atoms with Crippen LogP contribution in [0.25, 0.3) is 0 Å². The summed E-state index contributed by atoms with van der Waals surface area (Å²) >= 11 is 0. The second kappa shape index (κ2) is 8.61. The number of amides is 1. The van der Waals surface area contributed by atoms with E-state index in [-0.39, 0.29) is 24.7 Å². The molecule has 0 radical (unpaired) electrons. The van der Waals surface area contributed by atoms with Crippen LogP contribution in [0.3, 0.4) is 0 Å². The zero-order valence-electron chi connectivity index (χ0n) is 16.4. The van der Waals surface area contributed by atoms with Gasteiger partial charge in [0.1, 0.15) is 18.5 Å². The van der Waals surface area contributed by atoms with Gasteiger partial charge < -0.3 is 14.6 Å². The number of aromatic nitrogens is 2. The van der Waals surface area contributed by atoms with Crippen molar-refractivity contribution >= 4 is 11.9 Å². The Balaban J connectivity index is 1.81. The van der Waals surface area contributed by atoms with Crippen LogP contribution in [-0.2, 0) is 11.2 Å². The van der Waals surface area contributed by atoms with Crippen LogP contribution < -0.4 is 9.64 Å². The quantitative estimate of drug-likeness (QED) is 0.680. The lowest BCUT2D eigenvalue weighted by Gasteiger charge is -2.23. The molecule has 1 aromatic carbocycles. The summed E-state index contributed by atoms with van der Waals surface area (Å²) in [6, 6.07) is 2.19. The molecule has 1 N–H and O–H groups in total. The molecule has 0 aliphatic carbocycles. The monoisotopic (exact) mass is 447 g/mol. The van der Waals surface area contributed by atoms with E-state index in [1.54, 1.807) is 6.92 Å². The molecule has 2 heterocycles. The molecule has 12 heteroatoms. The van der Waals surface area contributed by atoms with Gasteiger partial charge >= 0.3 is 12.5 Å². The van der Waals surface area contributed by atoms with E-state index >= 15 is 0 Å². The van der Waals surface area contributed by atoms with E-state index in [0.29, 0.717) is 5.56 Å². The fourth-order valence-electron chi connectivity index (χ4n) is 3.12. The maximum absolute atomic E-state index is 14.3. The highest BCUT2D eigenvalue weighted by atomic mass is 19.4. The van der Waals surface area contributed by atoms with Gasteiger partial charge in [-0.15, -0.1) is 13.2 Å². The van der Waals surface area contributed by atoms with E-state index in [9.17, 15) is 31.9 Å².